The third-order valence-electron chi connectivity index (χ3n) is 4.62. The molecule has 1 fully saturated rings. The van der Waals surface area contributed by atoms with Gasteiger partial charge in [0.15, 0.2) is 5.82 Å². The first-order chi connectivity index (χ1) is 12.6. The van der Waals surface area contributed by atoms with Gasteiger partial charge in [-0.25, -0.2) is 0 Å². The zero-order valence-corrected chi connectivity index (χ0v) is 16.1. The predicted octanol–water partition coefficient (Wildman–Crippen LogP) is 4.10. The minimum Gasteiger partial charge on any atom is -0.363 e. The van der Waals surface area contributed by atoms with Crippen molar-refractivity contribution in [1.82, 2.24) is 10.1 Å². The largest absolute Gasteiger partial charge is 0.363 e. The highest BCUT2D eigenvalue weighted by molar-refractivity contribution is 9.10. The first kappa shape index (κ1) is 18.6. The van der Waals surface area contributed by atoms with Gasteiger partial charge in [0.25, 0.3) is 5.91 Å². The molecule has 0 unspecified atom stereocenters. The quantitative estimate of drug-likeness (QED) is 0.764. The minimum absolute atomic E-state index is 0.00173. The molecule has 7 heteroatoms. The van der Waals surface area contributed by atoms with Crippen LogP contribution in [-0.4, -0.2) is 35.0 Å². The van der Waals surface area contributed by atoms with Crippen LogP contribution in [0.5, 0.6) is 0 Å². The Balaban J connectivity index is 1.70. The Labute approximate surface area is 161 Å². The monoisotopic (exact) mass is 419 g/mol. The van der Waals surface area contributed by atoms with Crippen LogP contribution in [0.4, 0.5) is 5.82 Å². The van der Waals surface area contributed by atoms with Crippen molar-refractivity contribution >= 4 is 33.6 Å². The summed E-state index contributed by atoms with van der Waals surface area (Å²) in [5.41, 5.74) is 0.582. The number of aromatic nitrogens is 1. The third-order valence-corrected chi connectivity index (χ3v) is 5.15. The van der Waals surface area contributed by atoms with E-state index in [-0.39, 0.29) is 18.4 Å². The number of benzene rings is 1. The Kier molecular flexibility index (Phi) is 6.44. The van der Waals surface area contributed by atoms with Gasteiger partial charge >= 0.3 is 0 Å². The van der Waals surface area contributed by atoms with E-state index < -0.39 is 0 Å². The highest BCUT2D eigenvalue weighted by Gasteiger charge is 2.24. The standard InChI is InChI=1S/C19H22BrN3O3/c20-16-8-6-15(7-9-16)19(25)23(12-14-4-2-1-3-5-14)13-18(24)21-17-10-11-26-22-17/h6-11,14H,1-5,12-13H2,(H,21,22,24). The number of amides is 2. The second kappa shape index (κ2) is 8.98. The van der Waals surface area contributed by atoms with Gasteiger partial charge in [-0.05, 0) is 43.0 Å². The predicted molar refractivity (Wildman–Crippen MR) is 102 cm³/mol. The third kappa shape index (κ3) is 5.17. The lowest BCUT2D eigenvalue weighted by Crippen LogP contribution is -2.41. The van der Waals surface area contributed by atoms with Crippen LogP contribution in [0.2, 0.25) is 0 Å². The number of carbonyl (C=O) groups excluding carboxylic acids is 2. The van der Waals surface area contributed by atoms with E-state index in [1.54, 1.807) is 23.1 Å². The molecule has 2 aromatic rings. The first-order valence-electron chi connectivity index (χ1n) is 8.87. The molecule has 0 atom stereocenters. The summed E-state index contributed by atoms with van der Waals surface area (Å²) in [5, 5.41) is 6.34. The highest BCUT2D eigenvalue weighted by atomic mass is 79.9. The summed E-state index contributed by atoms with van der Waals surface area (Å²) >= 11 is 3.38. The van der Waals surface area contributed by atoms with Gasteiger partial charge in [0.05, 0.1) is 0 Å². The maximum Gasteiger partial charge on any atom is 0.254 e. The molecule has 3 rings (SSSR count). The number of nitrogens with zero attached hydrogens (tertiary/aromatic N) is 2. The summed E-state index contributed by atoms with van der Waals surface area (Å²) in [4.78, 5) is 27.0. The average molecular weight is 420 g/mol. The number of carbonyl (C=O) groups is 2. The van der Waals surface area contributed by atoms with Crippen LogP contribution >= 0.6 is 15.9 Å². The second-order valence-electron chi connectivity index (χ2n) is 6.63. The van der Waals surface area contributed by atoms with E-state index in [0.29, 0.717) is 23.8 Å². The van der Waals surface area contributed by atoms with Crippen molar-refractivity contribution < 1.29 is 14.1 Å². The molecular weight excluding hydrogens is 398 g/mol. The molecule has 0 radical (unpaired) electrons. The molecule has 0 saturated heterocycles. The molecule has 1 saturated carbocycles. The molecule has 26 heavy (non-hydrogen) atoms. The van der Waals surface area contributed by atoms with Crippen molar-refractivity contribution in [2.24, 2.45) is 5.92 Å². The summed E-state index contributed by atoms with van der Waals surface area (Å²) in [6.45, 7) is 0.597. The lowest BCUT2D eigenvalue weighted by atomic mass is 9.89. The summed E-state index contributed by atoms with van der Waals surface area (Å²) in [5.74, 6) is 0.394. The van der Waals surface area contributed by atoms with Crippen molar-refractivity contribution in [1.29, 1.82) is 0 Å². The van der Waals surface area contributed by atoms with Gasteiger partial charge in [0, 0.05) is 22.6 Å². The number of rotatable bonds is 6. The van der Waals surface area contributed by atoms with E-state index in [0.717, 1.165) is 17.3 Å². The SMILES string of the molecule is O=C(CN(CC1CCCCC1)C(=O)c1ccc(Br)cc1)Nc1ccon1. The van der Waals surface area contributed by atoms with Crippen LogP contribution in [0.25, 0.3) is 0 Å². The van der Waals surface area contributed by atoms with E-state index >= 15 is 0 Å². The molecule has 2 amide bonds. The van der Waals surface area contributed by atoms with E-state index in [1.807, 2.05) is 12.1 Å². The average Bonchev–Trinajstić information content (AvgIpc) is 3.15. The zero-order chi connectivity index (χ0) is 18.4. The van der Waals surface area contributed by atoms with Gasteiger partial charge < -0.3 is 14.7 Å². The fourth-order valence-electron chi connectivity index (χ4n) is 3.31. The summed E-state index contributed by atoms with van der Waals surface area (Å²) in [6, 6.07) is 8.79. The van der Waals surface area contributed by atoms with Crippen LogP contribution in [0, 0.1) is 5.92 Å². The fraction of sp³-hybridized carbons (Fsp3) is 0.421. The van der Waals surface area contributed by atoms with Crippen molar-refractivity contribution in [3.8, 4) is 0 Å². The maximum atomic E-state index is 13.0. The van der Waals surface area contributed by atoms with Crippen molar-refractivity contribution in [3.05, 3.63) is 46.6 Å². The zero-order valence-electron chi connectivity index (χ0n) is 14.5. The molecule has 0 bridgehead atoms. The van der Waals surface area contributed by atoms with Gasteiger partial charge in [-0.2, -0.15) is 0 Å². The minimum atomic E-state index is -0.278. The normalized spacial score (nSPS) is 14.8. The Morgan fingerprint density at radius 2 is 1.88 bits per heavy atom. The van der Waals surface area contributed by atoms with Crippen LogP contribution in [-0.2, 0) is 4.79 Å². The Hall–Kier alpha value is -2.15. The van der Waals surface area contributed by atoms with Crippen molar-refractivity contribution in [2.75, 3.05) is 18.4 Å². The summed E-state index contributed by atoms with van der Waals surface area (Å²) in [7, 11) is 0. The smallest absolute Gasteiger partial charge is 0.254 e. The number of anilines is 1. The number of halogens is 1. The van der Waals surface area contributed by atoms with E-state index in [1.165, 1.54) is 25.5 Å². The highest BCUT2D eigenvalue weighted by Crippen LogP contribution is 2.25. The second-order valence-corrected chi connectivity index (χ2v) is 7.55. The molecule has 1 heterocycles. The fourth-order valence-corrected chi connectivity index (χ4v) is 3.57. The molecular formula is C19H22BrN3O3. The lowest BCUT2D eigenvalue weighted by Gasteiger charge is -2.29. The maximum absolute atomic E-state index is 13.0. The number of nitrogens with one attached hydrogen (secondary N) is 1. The molecule has 1 aliphatic rings. The van der Waals surface area contributed by atoms with Crippen LogP contribution in [0.1, 0.15) is 42.5 Å². The Bertz CT molecular complexity index is 725. The molecule has 138 valence electrons. The van der Waals surface area contributed by atoms with E-state index in [9.17, 15) is 9.59 Å². The summed E-state index contributed by atoms with van der Waals surface area (Å²) < 4.78 is 5.63. The van der Waals surface area contributed by atoms with Crippen molar-refractivity contribution in [2.45, 2.75) is 32.1 Å². The lowest BCUT2D eigenvalue weighted by molar-refractivity contribution is -0.117. The van der Waals surface area contributed by atoms with Gasteiger partial charge in [-0.3, -0.25) is 9.59 Å². The van der Waals surface area contributed by atoms with Crippen molar-refractivity contribution in [3.63, 3.8) is 0 Å². The molecule has 1 aromatic heterocycles. The molecule has 6 nitrogen and oxygen atoms in total. The Morgan fingerprint density at radius 1 is 1.15 bits per heavy atom. The first-order valence-corrected chi connectivity index (χ1v) is 9.66. The van der Waals surface area contributed by atoms with Gasteiger partial charge in [0.1, 0.15) is 12.8 Å². The molecule has 1 aromatic carbocycles. The Morgan fingerprint density at radius 3 is 2.54 bits per heavy atom. The molecule has 0 aliphatic heterocycles. The van der Waals surface area contributed by atoms with Crippen LogP contribution in [0.15, 0.2) is 45.6 Å². The van der Waals surface area contributed by atoms with E-state index in [2.05, 4.69) is 26.4 Å². The van der Waals surface area contributed by atoms with Gasteiger partial charge in [-0.15, -0.1) is 0 Å². The van der Waals surface area contributed by atoms with Gasteiger partial charge in [-0.1, -0.05) is 40.3 Å². The molecule has 1 N–H and O–H groups in total. The molecule has 0 spiro atoms. The van der Waals surface area contributed by atoms with Gasteiger partial charge in [0.2, 0.25) is 5.91 Å². The number of hydrogen-bond donors (Lipinski definition) is 1. The van der Waals surface area contributed by atoms with Crippen LogP contribution < -0.4 is 5.32 Å². The number of hydrogen-bond acceptors (Lipinski definition) is 4. The topological polar surface area (TPSA) is 75.4 Å². The molecule has 1 aliphatic carbocycles. The van der Waals surface area contributed by atoms with E-state index in [4.69, 9.17) is 4.52 Å². The van der Waals surface area contributed by atoms with Crippen LogP contribution in [0.3, 0.4) is 0 Å². The summed E-state index contributed by atoms with van der Waals surface area (Å²) in [6.07, 6.45) is 7.24.